The summed E-state index contributed by atoms with van der Waals surface area (Å²) >= 11 is 0. The molecule has 0 amide bonds. The Balaban J connectivity index is 2.03. The average molecular weight is 295 g/mol. The second-order valence-electron chi connectivity index (χ2n) is 5.00. The van der Waals surface area contributed by atoms with Crippen molar-refractivity contribution < 1.29 is 14.3 Å². The predicted octanol–water partition coefficient (Wildman–Crippen LogP) is 3.40. The van der Waals surface area contributed by atoms with Crippen LogP contribution in [0.3, 0.4) is 0 Å². The summed E-state index contributed by atoms with van der Waals surface area (Å²) in [5.41, 5.74) is 3.71. The molecule has 0 radical (unpaired) electrons. The van der Waals surface area contributed by atoms with E-state index in [-0.39, 0.29) is 5.97 Å². The maximum atomic E-state index is 11.9. The molecule has 112 valence electrons. The fourth-order valence-electron chi connectivity index (χ4n) is 2.59. The molecule has 0 fully saturated rings. The van der Waals surface area contributed by atoms with Crippen LogP contribution in [0.2, 0.25) is 0 Å². The Labute approximate surface area is 129 Å². The molecule has 0 saturated carbocycles. The highest BCUT2D eigenvalue weighted by atomic mass is 16.5. The van der Waals surface area contributed by atoms with Crippen molar-refractivity contribution in [1.29, 1.82) is 0 Å². The normalized spacial score (nSPS) is 13.2. The quantitative estimate of drug-likeness (QED) is 0.814. The molecule has 0 aliphatic carbocycles. The summed E-state index contributed by atoms with van der Waals surface area (Å²) < 4.78 is 10.1. The lowest BCUT2D eigenvalue weighted by molar-refractivity contribution is -0.136. The minimum atomic E-state index is -0.298. The van der Waals surface area contributed by atoms with Gasteiger partial charge in [0.15, 0.2) is 0 Å². The number of ether oxygens (including phenoxy) is 2. The van der Waals surface area contributed by atoms with E-state index in [2.05, 4.69) is 4.90 Å². The van der Waals surface area contributed by atoms with Crippen LogP contribution in [-0.4, -0.2) is 26.7 Å². The van der Waals surface area contributed by atoms with E-state index < -0.39 is 0 Å². The fourth-order valence-corrected chi connectivity index (χ4v) is 2.59. The number of methoxy groups -OCH3 is 2. The van der Waals surface area contributed by atoms with E-state index >= 15 is 0 Å². The standard InChI is InChI=1S/C18H17NO3/c1-21-16-9-7-15(8-10-16)19-12-14(18(20)22-2)11-13-5-3-4-6-17(13)19/h3-11H,12H2,1-2H3. The maximum absolute atomic E-state index is 11.9. The number of rotatable bonds is 3. The van der Waals surface area contributed by atoms with Crippen LogP contribution in [0.5, 0.6) is 5.75 Å². The number of nitrogens with zero attached hydrogens (tertiary/aromatic N) is 1. The summed E-state index contributed by atoms with van der Waals surface area (Å²) in [6.07, 6.45) is 1.89. The van der Waals surface area contributed by atoms with Gasteiger partial charge in [0.25, 0.3) is 0 Å². The molecular weight excluding hydrogens is 278 g/mol. The summed E-state index contributed by atoms with van der Waals surface area (Å²) in [5.74, 6) is 0.505. The van der Waals surface area contributed by atoms with Crippen molar-refractivity contribution in [2.45, 2.75) is 0 Å². The molecule has 0 atom stereocenters. The van der Waals surface area contributed by atoms with Crippen LogP contribution in [0.15, 0.2) is 54.1 Å². The molecule has 0 N–H and O–H groups in total. The number of carbonyl (C=O) groups is 1. The fraction of sp³-hybridized carbons (Fsp3) is 0.167. The van der Waals surface area contributed by atoms with E-state index in [9.17, 15) is 4.79 Å². The molecule has 0 bridgehead atoms. The van der Waals surface area contributed by atoms with Crippen LogP contribution in [0.4, 0.5) is 11.4 Å². The van der Waals surface area contributed by atoms with Gasteiger partial charge in [-0.25, -0.2) is 4.79 Å². The average Bonchev–Trinajstić information content (AvgIpc) is 2.60. The third-order valence-corrected chi connectivity index (χ3v) is 3.72. The molecule has 1 aliphatic heterocycles. The highest BCUT2D eigenvalue weighted by Crippen LogP contribution is 2.35. The van der Waals surface area contributed by atoms with E-state index in [4.69, 9.17) is 9.47 Å². The summed E-state index contributed by atoms with van der Waals surface area (Å²) in [6, 6.07) is 15.8. The van der Waals surface area contributed by atoms with Gasteiger partial charge in [0.2, 0.25) is 0 Å². The Hall–Kier alpha value is -2.75. The van der Waals surface area contributed by atoms with E-state index in [0.29, 0.717) is 12.1 Å². The van der Waals surface area contributed by atoms with Crippen LogP contribution in [0.1, 0.15) is 5.56 Å². The molecule has 2 aromatic carbocycles. The maximum Gasteiger partial charge on any atom is 0.335 e. The van der Waals surface area contributed by atoms with Gasteiger partial charge in [0, 0.05) is 11.4 Å². The van der Waals surface area contributed by atoms with Crippen LogP contribution < -0.4 is 9.64 Å². The predicted molar refractivity (Wildman–Crippen MR) is 86.4 cm³/mol. The number of benzene rings is 2. The molecule has 0 aromatic heterocycles. The van der Waals surface area contributed by atoms with Crippen molar-refractivity contribution in [1.82, 2.24) is 0 Å². The molecular formula is C18H17NO3. The Morgan fingerprint density at radius 3 is 2.45 bits per heavy atom. The van der Waals surface area contributed by atoms with Gasteiger partial charge in [-0.15, -0.1) is 0 Å². The Morgan fingerprint density at radius 2 is 1.77 bits per heavy atom. The van der Waals surface area contributed by atoms with Gasteiger partial charge in [-0.1, -0.05) is 18.2 Å². The number of esters is 1. The topological polar surface area (TPSA) is 38.8 Å². The van der Waals surface area contributed by atoms with E-state index in [1.807, 2.05) is 54.6 Å². The first kappa shape index (κ1) is 14.2. The lowest BCUT2D eigenvalue weighted by Gasteiger charge is -2.30. The summed E-state index contributed by atoms with van der Waals surface area (Å²) in [5, 5.41) is 0. The van der Waals surface area contributed by atoms with Crippen LogP contribution >= 0.6 is 0 Å². The first-order valence-electron chi connectivity index (χ1n) is 7.02. The van der Waals surface area contributed by atoms with Crippen LogP contribution in [0.25, 0.3) is 6.08 Å². The molecule has 4 heteroatoms. The number of hydrogen-bond donors (Lipinski definition) is 0. The third kappa shape index (κ3) is 2.55. The van der Waals surface area contributed by atoms with Crippen molar-refractivity contribution in [3.8, 4) is 5.75 Å². The Bertz CT molecular complexity index is 719. The zero-order chi connectivity index (χ0) is 15.5. The largest absolute Gasteiger partial charge is 0.497 e. The SMILES string of the molecule is COC(=O)C1=Cc2ccccc2N(c2ccc(OC)cc2)C1. The summed E-state index contributed by atoms with van der Waals surface area (Å²) in [7, 11) is 3.05. The molecule has 0 saturated heterocycles. The van der Waals surface area contributed by atoms with Crippen molar-refractivity contribution >= 4 is 23.4 Å². The minimum Gasteiger partial charge on any atom is -0.497 e. The molecule has 0 spiro atoms. The van der Waals surface area contributed by atoms with Gasteiger partial charge in [-0.2, -0.15) is 0 Å². The van der Waals surface area contributed by atoms with E-state index in [0.717, 1.165) is 22.7 Å². The van der Waals surface area contributed by atoms with Crippen molar-refractivity contribution in [3.63, 3.8) is 0 Å². The second-order valence-corrected chi connectivity index (χ2v) is 5.00. The first-order valence-corrected chi connectivity index (χ1v) is 7.02. The van der Waals surface area contributed by atoms with Crippen molar-refractivity contribution in [2.24, 2.45) is 0 Å². The summed E-state index contributed by atoms with van der Waals surface area (Å²) in [6.45, 7) is 0.482. The van der Waals surface area contributed by atoms with Gasteiger partial charge < -0.3 is 14.4 Å². The highest BCUT2D eigenvalue weighted by molar-refractivity contribution is 5.98. The van der Waals surface area contributed by atoms with Gasteiger partial charge in [0.05, 0.1) is 26.3 Å². The Morgan fingerprint density at radius 1 is 1.05 bits per heavy atom. The van der Waals surface area contributed by atoms with E-state index in [1.54, 1.807) is 7.11 Å². The summed E-state index contributed by atoms with van der Waals surface area (Å²) in [4.78, 5) is 14.0. The van der Waals surface area contributed by atoms with Gasteiger partial charge >= 0.3 is 5.97 Å². The van der Waals surface area contributed by atoms with Gasteiger partial charge in [0.1, 0.15) is 5.75 Å². The monoisotopic (exact) mass is 295 g/mol. The molecule has 4 nitrogen and oxygen atoms in total. The Kier molecular flexibility index (Phi) is 3.83. The lowest BCUT2D eigenvalue weighted by Crippen LogP contribution is -2.27. The van der Waals surface area contributed by atoms with Crippen molar-refractivity contribution in [2.75, 3.05) is 25.7 Å². The van der Waals surface area contributed by atoms with Crippen LogP contribution in [0, 0.1) is 0 Å². The van der Waals surface area contributed by atoms with Crippen LogP contribution in [-0.2, 0) is 9.53 Å². The number of carbonyl (C=O) groups excluding carboxylic acids is 1. The van der Waals surface area contributed by atoms with E-state index in [1.165, 1.54) is 7.11 Å². The third-order valence-electron chi connectivity index (χ3n) is 3.72. The zero-order valence-corrected chi connectivity index (χ0v) is 12.6. The first-order chi connectivity index (χ1) is 10.7. The molecule has 1 aliphatic rings. The number of fused-ring (bicyclic) bond motifs is 1. The minimum absolute atomic E-state index is 0.298. The smallest absolute Gasteiger partial charge is 0.335 e. The lowest BCUT2D eigenvalue weighted by atomic mass is 10.0. The van der Waals surface area contributed by atoms with Crippen molar-refractivity contribution in [3.05, 3.63) is 59.7 Å². The zero-order valence-electron chi connectivity index (χ0n) is 12.6. The molecule has 3 rings (SSSR count). The highest BCUT2D eigenvalue weighted by Gasteiger charge is 2.23. The number of anilines is 2. The molecule has 2 aromatic rings. The van der Waals surface area contributed by atoms with Gasteiger partial charge in [-0.3, -0.25) is 0 Å². The number of para-hydroxylation sites is 1. The molecule has 0 unspecified atom stereocenters. The van der Waals surface area contributed by atoms with Gasteiger partial charge in [-0.05, 0) is 42.0 Å². The molecule has 22 heavy (non-hydrogen) atoms. The second kappa shape index (κ2) is 5.93. The number of hydrogen-bond acceptors (Lipinski definition) is 4. The molecule has 1 heterocycles.